The smallest absolute Gasteiger partial charge is 0.191 e. The molecule has 0 bridgehead atoms. The summed E-state index contributed by atoms with van der Waals surface area (Å²) in [4.78, 5) is 4.51. The van der Waals surface area contributed by atoms with Crippen molar-refractivity contribution >= 4 is 27.6 Å². The lowest BCUT2D eigenvalue weighted by Gasteiger charge is -2.20. The molecule has 0 aromatic carbocycles. The van der Waals surface area contributed by atoms with Crippen LogP contribution in [0.3, 0.4) is 0 Å². The molecule has 0 aromatic heterocycles. The molecule has 0 radical (unpaired) electrons. The van der Waals surface area contributed by atoms with E-state index in [0.717, 1.165) is 19.0 Å². The van der Waals surface area contributed by atoms with Gasteiger partial charge in [-0.1, -0.05) is 0 Å². The third kappa shape index (κ3) is 11.1. The highest BCUT2D eigenvalue weighted by atomic mass is 32.2. The van der Waals surface area contributed by atoms with E-state index < -0.39 is 9.84 Å². The molecule has 0 rings (SSSR count). The number of hydrogen-bond acceptors (Lipinski definition) is 4. The molecule has 0 fully saturated rings. The Morgan fingerprint density at radius 3 is 2.42 bits per heavy atom. The van der Waals surface area contributed by atoms with E-state index in [1.54, 1.807) is 11.8 Å². The minimum Gasteiger partial charge on any atom is -0.357 e. The maximum absolute atomic E-state index is 11.0. The minimum absolute atomic E-state index is 0.106. The number of nitrogens with one attached hydrogen (secondary N) is 2. The van der Waals surface area contributed by atoms with Crippen LogP contribution in [-0.4, -0.2) is 57.0 Å². The van der Waals surface area contributed by atoms with Crippen LogP contribution in [0, 0.1) is 0 Å². The van der Waals surface area contributed by atoms with Crippen molar-refractivity contribution in [2.75, 3.05) is 37.9 Å². The first-order chi connectivity index (χ1) is 8.70. The standard InChI is InChI=1S/C12H27N3O2S2/c1-6-13-11(15-10-12(2,3)18-4)14-8-7-9-19(5,16)17/h6-10H2,1-5H3,(H2,13,14,15). The molecule has 7 heteroatoms. The topological polar surface area (TPSA) is 70.6 Å². The number of thioether (sulfide) groups is 1. The molecule has 0 aliphatic heterocycles. The average Bonchev–Trinajstić information content (AvgIpc) is 2.30. The maximum atomic E-state index is 11.0. The van der Waals surface area contributed by atoms with Crippen molar-refractivity contribution in [2.24, 2.45) is 4.99 Å². The number of sulfone groups is 1. The van der Waals surface area contributed by atoms with Gasteiger partial charge in [-0.25, -0.2) is 8.42 Å². The van der Waals surface area contributed by atoms with E-state index in [2.05, 4.69) is 35.7 Å². The zero-order chi connectivity index (χ0) is 14.9. The lowest BCUT2D eigenvalue weighted by molar-refractivity contribution is 0.598. The second kappa shape index (κ2) is 8.68. The normalized spacial score (nSPS) is 13.4. The van der Waals surface area contributed by atoms with Crippen LogP contribution in [0.2, 0.25) is 0 Å². The fraction of sp³-hybridized carbons (Fsp3) is 0.917. The van der Waals surface area contributed by atoms with E-state index in [1.165, 1.54) is 6.26 Å². The van der Waals surface area contributed by atoms with E-state index in [4.69, 9.17) is 0 Å². The van der Waals surface area contributed by atoms with Crippen molar-refractivity contribution in [1.82, 2.24) is 10.6 Å². The molecule has 0 spiro atoms. The summed E-state index contributed by atoms with van der Waals surface area (Å²) in [6.07, 6.45) is 3.92. The monoisotopic (exact) mass is 309 g/mol. The zero-order valence-corrected chi connectivity index (χ0v) is 14.2. The van der Waals surface area contributed by atoms with Gasteiger partial charge in [-0.15, -0.1) is 0 Å². The summed E-state index contributed by atoms with van der Waals surface area (Å²) < 4.78 is 22.1. The Labute approximate surface area is 121 Å². The lowest BCUT2D eigenvalue weighted by Crippen LogP contribution is -2.39. The Morgan fingerprint density at radius 2 is 1.95 bits per heavy atom. The molecule has 2 N–H and O–H groups in total. The summed E-state index contributed by atoms with van der Waals surface area (Å²) in [5.74, 6) is 0.952. The van der Waals surface area contributed by atoms with Crippen LogP contribution in [0.5, 0.6) is 0 Å². The number of guanidine groups is 1. The van der Waals surface area contributed by atoms with Crippen molar-refractivity contribution in [3.8, 4) is 0 Å². The molecule has 0 atom stereocenters. The Morgan fingerprint density at radius 1 is 1.32 bits per heavy atom. The van der Waals surface area contributed by atoms with Gasteiger partial charge in [0.05, 0.1) is 12.3 Å². The third-order valence-electron chi connectivity index (χ3n) is 2.50. The number of nitrogens with zero attached hydrogens (tertiary/aromatic N) is 1. The summed E-state index contributed by atoms with van der Waals surface area (Å²) >= 11 is 1.78. The molecular weight excluding hydrogens is 282 g/mol. The van der Waals surface area contributed by atoms with Crippen molar-refractivity contribution in [3.63, 3.8) is 0 Å². The predicted octanol–water partition coefficient (Wildman–Crippen LogP) is 1.12. The second-order valence-corrected chi connectivity index (χ2v) is 8.84. The van der Waals surface area contributed by atoms with Gasteiger partial charge >= 0.3 is 0 Å². The van der Waals surface area contributed by atoms with Crippen LogP contribution in [0.15, 0.2) is 4.99 Å². The molecule has 19 heavy (non-hydrogen) atoms. The fourth-order valence-electron chi connectivity index (χ4n) is 1.22. The van der Waals surface area contributed by atoms with Crippen molar-refractivity contribution < 1.29 is 8.42 Å². The Kier molecular flexibility index (Phi) is 8.49. The van der Waals surface area contributed by atoms with Gasteiger partial charge in [0.25, 0.3) is 0 Å². The number of aliphatic imine (C=N–C) groups is 1. The third-order valence-corrected chi connectivity index (χ3v) is 4.76. The molecule has 5 nitrogen and oxygen atoms in total. The Bertz CT molecular complexity index is 378. The first kappa shape index (κ1) is 18.6. The highest BCUT2D eigenvalue weighted by Crippen LogP contribution is 2.20. The van der Waals surface area contributed by atoms with Crippen LogP contribution in [0.4, 0.5) is 0 Å². The van der Waals surface area contributed by atoms with E-state index in [9.17, 15) is 8.42 Å². The molecule has 0 unspecified atom stereocenters. The van der Waals surface area contributed by atoms with Crippen molar-refractivity contribution in [2.45, 2.75) is 31.9 Å². The molecule has 0 saturated heterocycles. The zero-order valence-electron chi connectivity index (χ0n) is 12.6. The van der Waals surface area contributed by atoms with E-state index >= 15 is 0 Å². The van der Waals surface area contributed by atoms with Gasteiger partial charge in [0.15, 0.2) is 5.96 Å². The van der Waals surface area contributed by atoms with E-state index in [1.807, 2.05) is 6.92 Å². The minimum atomic E-state index is -2.88. The van der Waals surface area contributed by atoms with Crippen LogP contribution in [0.25, 0.3) is 0 Å². The number of rotatable bonds is 8. The molecular formula is C12H27N3O2S2. The molecule has 0 aromatic rings. The Balaban J connectivity index is 4.22. The first-order valence-electron chi connectivity index (χ1n) is 6.45. The molecule has 0 heterocycles. The highest BCUT2D eigenvalue weighted by Gasteiger charge is 2.15. The largest absolute Gasteiger partial charge is 0.357 e. The van der Waals surface area contributed by atoms with Crippen LogP contribution in [0.1, 0.15) is 27.2 Å². The Hall–Kier alpha value is -0.430. The highest BCUT2D eigenvalue weighted by molar-refractivity contribution is 7.99. The summed E-state index contributed by atoms with van der Waals surface area (Å²) in [6.45, 7) is 8.42. The van der Waals surface area contributed by atoms with Gasteiger partial charge in [-0.2, -0.15) is 11.8 Å². The van der Waals surface area contributed by atoms with Gasteiger partial charge in [-0.05, 0) is 33.4 Å². The average molecular weight is 310 g/mol. The molecule has 0 aliphatic rings. The van der Waals surface area contributed by atoms with Crippen molar-refractivity contribution in [3.05, 3.63) is 0 Å². The molecule has 0 amide bonds. The predicted molar refractivity (Wildman–Crippen MR) is 85.9 cm³/mol. The van der Waals surface area contributed by atoms with Gasteiger partial charge in [0, 0.05) is 24.1 Å². The van der Waals surface area contributed by atoms with Gasteiger partial charge in [-0.3, -0.25) is 4.99 Å². The van der Waals surface area contributed by atoms with Crippen molar-refractivity contribution in [1.29, 1.82) is 0 Å². The number of hydrogen-bond donors (Lipinski definition) is 2. The molecule has 0 saturated carbocycles. The quantitative estimate of drug-likeness (QED) is 0.399. The van der Waals surface area contributed by atoms with Gasteiger partial charge < -0.3 is 10.6 Å². The first-order valence-corrected chi connectivity index (χ1v) is 9.74. The molecule has 0 aliphatic carbocycles. The fourth-order valence-corrected chi connectivity index (χ4v) is 2.08. The van der Waals surface area contributed by atoms with Gasteiger partial charge in [0.1, 0.15) is 9.84 Å². The second-order valence-electron chi connectivity index (χ2n) is 5.07. The van der Waals surface area contributed by atoms with Crippen LogP contribution in [-0.2, 0) is 9.84 Å². The summed E-state index contributed by atoms with van der Waals surface area (Å²) in [6, 6.07) is 0. The van der Waals surface area contributed by atoms with Crippen LogP contribution < -0.4 is 10.6 Å². The maximum Gasteiger partial charge on any atom is 0.191 e. The lowest BCUT2D eigenvalue weighted by atomic mass is 10.2. The SMILES string of the molecule is CCNC(=NCC(C)(C)SC)NCCCS(C)(=O)=O. The molecule has 114 valence electrons. The summed E-state index contributed by atoms with van der Waals surface area (Å²) in [7, 11) is -2.88. The summed E-state index contributed by atoms with van der Waals surface area (Å²) in [5.41, 5.74) is 0. The van der Waals surface area contributed by atoms with Gasteiger partial charge in [0.2, 0.25) is 0 Å². The van der Waals surface area contributed by atoms with E-state index in [0.29, 0.717) is 13.0 Å². The van der Waals surface area contributed by atoms with E-state index in [-0.39, 0.29) is 10.5 Å². The summed E-state index contributed by atoms with van der Waals surface area (Å²) in [5, 5.41) is 6.31. The van der Waals surface area contributed by atoms with Crippen LogP contribution >= 0.6 is 11.8 Å².